The Kier molecular flexibility index (Phi) is 5.48. The van der Waals surface area contributed by atoms with Crippen molar-refractivity contribution in [3.8, 4) is 0 Å². The van der Waals surface area contributed by atoms with Crippen LogP contribution in [0, 0.1) is 0 Å². The Labute approximate surface area is 159 Å². The number of nitrogens with one attached hydrogen (secondary N) is 1. The van der Waals surface area contributed by atoms with E-state index in [0.29, 0.717) is 16.1 Å². The summed E-state index contributed by atoms with van der Waals surface area (Å²) in [4.78, 5) is 16.6. The summed E-state index contributed by atoms with van der Waals surface area (Å²) in [6.45, 7) is -0.375. The number of carbonyl (C=O) groups excluding carboxylic acids is 1. The topological polar surface area (TPSA) is 82.5 Å². The van der Waals surface area contributed by atoms with Gasteiger partial charge in [-0.1, -0.05) is 29.3 Å². The maximum absolute atomic E-state index is 15.5. The monoisotopic (exact) mass is 398 g/mol. The largest absolute Gasteiger partial charge is 0.392 e. The molecule has 5 nitrogen and oxygen atoms in total. The summed E-state index contributed by atoms with van der Waals surface area (Å²) < 4.78 is 15.5. The summed E-state index contributed by atoms with van der Waals surface area (Å²) in [5, 5.41) is 22.6. The first-order valence-electron chi connectivity index (χ1n) is 8.05. The quantitative estimate of drug-likeness (QED) is 0.738. The number of aromatic nitrogens is 1. The number of hydrogen-bond donors (Lipinski definition) is 3. The van der Waals surface area contributed by atoms with Crippen molar-refractivity contribution < 1.29 is 19.4 Å². The van der Waals surface area contributed by atoms with E-state index in [1.165, 1.54) is 30.5 Å². The average Bonchev–Trinajstić information content (AvgIpc) is 2.63. The summed E-state index contributed by atoms with van der Waals surface area (Å²) in [6.07, 6.45) is 0.499. The molecule has 2 aromatic rings. The highest BCUT2D eigenvalue weighted by Crippen LogP contribution is 2.42. The van der Waals surface area contributed by atoms with Gasteiger partial charge in [0.05, 0.1) is 18.4 Å². The lowest BCUT2D eigenvalue weighted by Crippen LogP contribution is -2.44. The van der Waals surface area contributed by atoms with Crippen LogP contribution in [0.2, 0.25) is 10.0 Å². The number of aliphatic hydroxyl groups is 2. The van der Waals surface area contributed by atoms with Crippen LogP contribution in [-0.4, -0.2) is 21.1 Å². The number of nitrogens with zero attached hydrogens (tertiary/aromatic N) is 1. The summed E-state index contributed by atoms with van der Waals surface area (Å²) >= 11 is 12.0. The number of amides is 1. The van der Waals surface area contributed by atoms with Crippen LogP contribution in [-0.2, 0) is 23.6 Å². The number of carbonyl (C=O) groups is 1. The normalized spacial score (nSPS) is 22.0. The van der Waals surface area contributed by atoms with E-state index in [0.717, 1.165) is 0 Å². The van der Waals surface area contributed by atoms with Gasteiger partial charge in [-0.25, -0.2) is 4.39 Å². The fraction of sp³-hybridized carbons (Fsp3) is 0.333. The van der Waals surface area contributed by atoms with Gasteiger partial charge in [0.15, 0.2) is 0 Å². The number of fused-ring (bicyclic) bond motifs is 1. The average molecular weight is 399 g/mol. The van der Waals surface area contributed by atoms with Crippen molar-refractivity contribution in [1.82, 2.24) is 10.3 Å². The van der Waals surface area contributed by atoms with Crippen LogP contribution >= 0.6 is 23.2 Å². The molecule has 0 saturated heterocycles. The lowest BCUT2D eigenvalue weighted by molar-refractivity contribution is -0.135. The van der Waals surface area contributed by atoms with E-state index in [1.807, 2.05) is 0 Å². The zero-order valence-electron chi connectivity index (χ0n) is 13.7. The molecular formula is C18H17Cl2FN2O3. The van der Waals surface area contributed by atoms with E-state index < -0.39 is 17.7 Å². The third kappa shape index (κ3) is 3.42. The van der Waals surface area contributed by atoms with Gasteiger partial charge < -0.3 is 15.5 Å². The molecule has 0 radical (unpaired) electrons. The Morgan fingerprint density at radius 3 is 2.92 bits per heavy atom. The Balaban J connectivity index is 1.85. The molecule has 0 fully saturated rings. The maximum atomic E-state index is 15.5. The summed E-state index contributed by atoms with van der Waals surface area (Å²) in [5.74, 6) is -0.839. The van der Waals surface area contributed by atoms with Crippen molar-refractivity contribution in [1.29, 1.82) is 0 Å². The van der Waals surface area contributed by atoms with E-state index in [2.05, 4.69) is 10.3 Å². The van der Waals surface area contributed by atoms with Crippen molar-refractivity contribution in [3.05, 3.63) is 62.9 Å². The predicted molar refractivity (Wildman–Crippen MR) is 95.4 cm³/mol. The molecule has 1 aromatic heterocycles. The van der Waals surface area contributed by atoms with Crippen molar-refractivity contribution in [2.45, 2.75) is 37.8 Å². The number of aliphatic hydroxyl groups excluding tert-OH is 2. The SMILES string of the molecule is O=C(NCc1c(Cl)cc(Cl)cc1CO)[C@@]1(F)CC[C@H](O)c2ncccc21. The van der Waals surface area contributed by atoms with E-state index in [1.54, 1.807) is 0 Å². The molecule has 8 heteroatoms. The molecule has 1 aromatic carbocycles. The van der Waals surface area contributed by atoms with Gasteiger partial charge in [0.2, 0.25) is 5.67 Å². The minimum atomic E-state index is -2.29. The second kappa shape index (κ2) is 7.48. The van der Waals surface area contributed by atoms with E-state index >= 15 is 4.39 Å². The highest BCUT2D eigenvalue weighted by molar-refractivity contribution is 6.35. The number of alkyl halides is 1. The zero-order chi connectivity index (χ0) is 18.9. The fourth-order valence-electron chi connectivity index (χ4n) is 3.17. The Bertz CT molecular complexity index is 849. The number of hydrogen-bond acceptors (Lipinski definition) is 4. The number of pyridine rings is 1. The maximum Gasteiger partial charge on any atom is 0.262 e. The van der Waals surface area contributed by atoms with Crippen LogP contribution in [0.1, 0.15) is 41.3 Å². The standard InChI is InChI=1S/C18H17Cl2FN2O3/c19-11-6-10(9-24)12(14(20)7-11)8-23-17(26)18(21)4-3-15(25)16-13(18)2-1-5-22-16/h1-2,5-7,15,24-25H,3-4,8-9H2,(H,23,26)/t15-,18+/m0/s1. The van der Waals surface area contributed by atoms with E-state index in [4.69, 9.17) is 23.2 Å². The first-order chi connectivity index (χ1) is 12.4. The van der Waals surface area contributed by atoms with Crippen molar-refractivity contribution in [2.75, 3.05) is 0 Å². The molecule has 0 spiro atoms. The van der Waals surface area contributed by atoms with Crippen LogP contribution < -0.4 is 5.32 Å². The van der Waals surface area contributed by atoms with Gasteiger partial charge in [0.25, 0.3) is 5.91 Å². The molecular weight excluding hydrogens is 382 g/mol. The van der Waals surface area contributed by atoms with Crippen LogP contribution in [0.5, 0.6) is 0 Å². The van der Waals surface area contributed by atoms with Gasteiger partial charge in [-0.2, -0.15) is 0 Å². The molecule has 1 aliphatic carbocycles. The smallest absolute Gasteiger partial charge is 0.262 e. The van der Waals surface area contributed by atoms with Crippen molar-refractivity contribution in [2.24, 2.45) is 0 Å². The molecule has 0 unspecified atom stereocenters. The van der Waals surface area contributed by atoms with Gasteiger partial charge in [0, 0.05) is 28.4 Å². The van der Waals surface area contributed by atoms with Gasteiger partial charge >= 0.3 is 0 Å². The molecule has 0 aliphatic heterocycles. The number of halogens is 3. The lowest BCUT2D eigenvalue weighted by Gasteiger charge is -2.32. The summed E-state index contributed by atoms with van der Waals surface area (Å²) in [5.41, 5.74) is -1.12. The molecule has 1 amide bonds. The molecule has 3 rings (SSSR count). The van der Waals surface area contributed by atoms with E-state index in [-0.39, 0.29) is 42.3 Å². The van der Waals surface area contributed by atoms with Gasteiger partial charge in [-0.15, -0.1) is 0 Å². The van der Waals surface area contributed by atoms with Crippen LogP contribution in [0.4, 0.5) is 4.39 Å². The van der Waals surface area contributed by atoms with Crippen LogP contribution in [0.25, 0.3) is 0 Å². The molecule has 2 atom stereocenters. The number of rotatable bonds is 4. The first-order valence-corrected chi connectivity index (χ1v) is 8.80. The molecule has 0 bridgehead atoms. The zero-order valence-corrected chi connectivity index (χ0v) is 15.2. The molecule has 0 saturated carbocycles. The molecule has 1 aliphatic rings. The van der Waals surface area contributed by atoms with Gasteiger partial charge in [-0.05, 0) is 42.2 Å². The molecule has 1 heterocycles. The molecule has 26 heavy (non-hydrogen) atoms. The first kappa shape index (κ1) is 19.0. The third-order valence-electron chi connectivity index (χ3n) is 4.55. The third-order valence-corrected chi connectivity index (χ3v) is 5.11. The van der Waals surface area contributed by atoms with Crippen molar-refractivity contribution in [3.63, 3.8) is 0 Å². The Morgan fingerprint density at radius 1 is 1.42 bits per heavy atom. The van der Waals surface area contributed by atoms with Crippen LogP contribution in [0.15, 0.2) is 30.5 Å². The van der Waals surface area contributed by atoms with E-state index in [9.17, 15) is 15.0 Å². The number of benzene rings is 1. The lowest BCUT2D eigenvalue weighted by atomic mass is 9.81. The Morgan fingerprint density at radius 2 is 2.19 bits per heavy atom. The minimum absolute atomic E-state index is 0.0610. The summed E-state index contributed by atoms with van der Waals surface area (Å²) in [6, 6.07) is 6.01. The predicted octanol–water partition coefficient (Wildman–Crippen LogP) is 3.19. The fourth-order valence-corrected chi connectivity index (χ4v) is 3.77. The van der Waals surface area contributed by atoms with Gasteiger partial charge in [0.1, 0.15) is 0 Å². The van der Waals surface area contributed by atoms with Crippen molar-refractivity contribution >= 4 is 29.1 Å². The Hall–Kier alpha value is -1.73. The minimum Gasteiger partial charge on any atom is -0.392 e. The van der Waals surface area contributed by atoms with Crippen LogP contribution in [0.3, 0.4) is 0 Å². The van der Waals surface area contributed by atoms with Gasteiger partial charge in [-0.3, -0.25) is 9.78 Å². The molecule has 138 valence electrons. The summed E-state index contributed by atoms with van der Waals surface area (Å²) in [7, 11) is 0. The highest BCUT2D eigenvalue weighted by Gasteiger charge is 2.46. The second-order valence-electron chi connectivity index (χ2n) is 6.16. The highest BCUT2D eigenvalue weighted by atomic mass is 35.5. The second-order valence-corrected chi connectivity index (χ2v) is 7.00. The molecule has 3 N–H and O–H groups in total.